The van der Waals surface area contributed by atoms with E-state index < -0.39 is 10.0 Å². The third kappa shape index (κ3) is 2.75. The Balaban J connectivity index is 2.48. The van der Waals surface area contributed by atoms with E-state index in [1.54, 1.807) is 11.6 Å². The lowest BCUT2D eigenvalue weighted by Crippen LogP contribution is -2.34. The van der Waals surface area contributed by atoms with E-state index in [9.17, 15) is 8.42 Å². The number of aromatic nitrogens is 2. The van der Waals surface area contributed by atoms with Gasteiger partial charge in [0.1, 0.15) is 0 Å². The number of halogens is 1. The first kappa shape index (κ1) is 15.5. The molecule has 0 saturated carbocycles. The summed E-state index contributed by atoms with van der Waals surface area (Å²) in [5.74, 6) is 0. The Hall–Kier alpha value is -0.930. The molecule has 0 spiro atoms. The average molecular weight is 336 g/mol. The summed E-state index contributed by atoms with van der Waals surface area (Å²) in [5, 5.41) is 1.71. The minimum Gasteiger partial charge on any atom is -0.383 e. The molecule has 0 saturated heterocycles. The van der Waals surface area contributed by atoms with Gasteiger partial charge in [-0.3, -0.25) is 4.40 Å². The third-order valence-electron chi connectivity index (χ3n) is 2.64. The lowest BCUT2D eigenvalue weighted by Gasteiger charge is -2.19. The monoisotopic (exact) mass is 335 g/mol. The number of nitrogens with zero attached hydrogens (tertiary/aromatic N) is 3. The lowest BCUT2D eigenvalue weighted by atomic mass is 10.6. The van der Waals surface area contributed by atoms with Crippen LogP contribution in [0.15, 0.2) is 29.3 Å². The normalized spacial score (nSPS) is 12.3. The first-order chi connectivity index (χ1) is 9.52. The van der Waals surface area contributed by atoms with Gasteiger partial charge >= 0.3 is 0 Å². The predicted molar refractivity (Wildman–Crippen MR) is 78.9 cm³/mol. The molecule has 0 aliphatic rings. The van der Waals surface area contributed by atoms with E-state index in [4.69, 9.17) is 16.3 Å². The van der Waals surface area contributed by atoms with Crippen molar-refractivity contribution in [1.82, 2.24) is 13.7 Å². The Bertz CT molecular complexity index is 708. The summed E-state index contributed by atoms with van der Waals surface area (Å²) in [7, 11) is -2.25. The summed E-state index contributed by atoms with van der Waals surface area (Å²) in [6, 6.07) is 0. The van der Waals surface area contributed by atoms with Gasteiger partial charge < -0.3 is 4.74 Å². The molecule has 0 aliphatic heterocycles. The second-order valence-corrected chi connectivity index (χ2v) is 6.99. The summed E-state index contributed by atoms with van der Waals surface area (Å²) in [6.45, 7) is 4.27. The van der Waals surface area contributed by atoms with Gasteiger partial charge in [-0.15, -0.1) is 17.9 Å². The molecule has 0 unspecified atom stereocenters. The van der Waals surface area contributed by atoms with Crippen LogP contribution in [0, 0.1) is 0 Å². The Morgan fingerprint density at radius 1 is 1.65 bits per heavy atom. The number of rotatable bonds is 7. The van der Waals surface area contributed by atoms with Gasteiger partial charge in [0.15, 0.2) is 15.1 Å². The highest BCUT2D eigenvalue weighted by atomic mass is 35.5. The highest BCUT2D eigenvalue weighted by Gasteiger charge is 2.30. The molecule has 0 fully saturated rings. The smallest absolute Gasteiger partial charge is 0.262 e. The molecule has 0 amide bonds. The van der Waals surface area contributed by atoms with Crippen molar-refractivity contribution >= 4 is 37.9 Å². The molecule has 2 heterocycles. The SMILES string of the molecule is C=CCN(CCOC)S(=O)(=O)c1c(Cl)nc2sccn12. The standard InChI is InChI=1S/C11H14ClN3O3S2/c1-3-4-14(5-7-18-2)20(16,17)10-9(12)13-11-15(10)6-8-19-11/h3,6,8H,1,4-5,7H2,2H3. The van der Waals surface area contributed by atoms with Crippen LogP contribution in [0.2, 0.25) is 5.15 Å². The fourth-order valence-corrected chi connectivity index (χ4v) is 4.54. The number of ether oxygens (including phenoxy) is 1. The minimum atomic E-state index is -3.76. The maximum atomic E-state index is 12.7. The molecular formula is C11H14ClN3O3S2. The molecule has 6 nitrogen and oxygen atoms in total. The molecule has 0 atom stereocenters. The van der Waals surface area contributed by atoms with Crippen molar-refractivity contribution in [3.8, 4) is 0 Å². The van der Waals surface area contributed by atoms with Gasteiger partial charge in [-0.2, -0.15) is 4.31 Å². The van der Waals surface area contributed by atoms with E-state index in [2.05, 4.69) is 11.6 Å². The van der Waals surface area contributed by atoms with Gasteiger partial charge in [-0.1, -0.05) is 17.7 Å². The van der Waals surface area contributed by atoms with Crippen LogP contribution in [-0.2, 0) is 14.8 Å². The van der Waals surface area contributed by atoms with E-state index in [0.29, 0.717) is 4.96 Å². The summed E-state index contributed by atoms with van der Waals surface area (Å²) in [6.07, 6.45) is 3.15. The molecule has 20 heavy (non-hydrogen) atoms. The maximum absolute atomic E-state index is 12.7. The van der Waals surface area contributed by atoms with Crippen molar-refractivity contribution in [3.63, 3.8) is 0 Å². The Morgan fingerprint density at radius 2 is 2.40 bits per heavy atom. The minimum absolute atomic E-state index is 0.0200. The molecular weight excluding hydrogens is 322 g/mol. The van der Waals surface area contributed by atoms with Crippen molar-refractivity contribution in [3.05, 3.63) is 29.4 Å². The summed E-state index contributed by atoms with van der Waals surface area (Å²) in [4.78, 5) is 4.59. The van der Waals surface area contributed by atoms with Gasteiger partial charge in [-0.05, 0) is 0 Å². The van der Waals surface area contributed by atoms with Crippen LogP contribution in [0.25, 0.3) is 4.96 Å². The summed E-state index contributed by atoms with van der Waals surface area (Å²) in [5.41, 5.74) is 0. The van der Waals surface area contributed by atoms with Gasteiger partial charge in [0.2, 0.25) is 0 Å². The van der Waals surface area contributed by atoms with E-state index in [1.807, 2.05) is 0 Å². The number of hydrogen-bond acceptors (Lipinski definition) is 5. The molecule has 110 valence electrons. The van der Waals surface area contributed by atoms with Crippen LogP contribution in [0.5, 0.6) is 0 Å². The topological polar surface area (TPSA) is 63.9 Å². The highest BCUT2D eigenvalue weighted by molar-refractivity contribution is 7.89. The fourth-order valence-electron chi connectivity index (χ4n) is 1.74. The number of methoxy groups -OCH3 is 1. The summed E-state index contributed by atoms with van der Waals surface area (Å²) >= 11 is 7.30. The van der Waals surface area contributed by atoms with E-state index in [0.717, 1.165) is 0 Å². The Labute approximate surface area is 126 Å². The van der Waals surface area contributed by atoms with E-state index >= 15 is 0 Å². The third-order valence-corrected chi connectivity index (χ3v) is 5.66. The van der Waals surface area contributed by atoms with E-state index in [1.165, 1.54) is 33.2 Å². The lowest BCUT2D eigenvalue weighted by molar-refractivity contribution is 0.182. The number of thiazole rings is 1. The molecule has 2 aromatic rings. The van der Waals surface area contributed by atoms with E-state index in [-0.39, 0.29) is 29.9 Å². The first-order valence-corrected chi connectivity index (χ1v) is 8.43. The molecule has 0 aliphatic carbocycles. The molecule has 2 aromatic heterocycles. The van der Waals surface area contributed by atoms with Crippen molar-refractivity contribution in [2.24, 2.45) is 0 Å². The largest absolute Gasteiger partial charge is 0.383 e. The Morgan fingerprint density at radius 3 is 3.05 bits per heavy atom. The second kappa shape index (κ2) is 6.23. The van der Waals surface area contributed by atoms with Crippen LogP contribution in [0.3, 0.4) is 0 Å². The number of fused-ring (bicyclic) bond motifs is 1. The van der Waals surface area contributed by atoms with Crippen molar-refractivity contribution in [2.45, 2.75) is 5.03 Å². The zero-order chi connectivity index (χ0) is 14.8. The molecule has 0 bridgehead atoms. The molecule has 0 aromatic carbocycles. The van der Waals surface area contributed by atoms with Gasteiger partial charge in [-0.25, -0.2) is 13.4 Å². The van der Waals surface area contributed by atoms with Crippen molar-refractivity contribution in [2.75, 3.05) is 26.8 Å². The molecule has 0 radical (unpaired) electrons. The summed E-state index contributed by atoms with van der Waals surface area (Å²) < 4.78 is 33.1. The Kier molecular flexibility index (Phi) is 4.82. The predicted octanol–water partition coefficient (Wildman–Crippen LogP) is 1.87. The van der Waals surface area contributed by atoms with Crippen molar-refractivity contribution in [1.29, 1.82) is 0 Å². The van der Waals surface area contributed by atoms with Crippen LogP contribution in [-0.4, -0.2) is 48.9 Å². The fraction of sp³-hybridized carbons (Fsp3) is 0.364. The maximum Gasteiger partial charge on any atom is 0.262 e. The van der Waals surface area contributed by atoms with Gasteiger partial charge in [0.05, 0.1) is 6.61 Å². The average Bonchev–Trinajstić information content (AvgIpc) is 2.93. The zero-order valence-corrected chi connectivity index (χ0v) is 13.2. The molecule has 2 rings (SSSR count). The van der Waals surface area contributed by atoms with Crippen LogP contribution < -0.4 is 0 Å². The van der Waals surface area contributed by atoms with Crippen LogP contribution >= 0.6 is 22.9 Å². The number of sulfonamides is 1. The molecule has 9 heteroatoms. The second-order valence-electron chi connectivity index (χ2n) is 3.91. The van der Waals surface area contributed by atoms with Gasteiger partial charge in [0.25, 0.3) is 10.0 Å². The number of imidazole rings is 1. The van der Waals surface area contributed by atoms with Crippen molar-refractivity contribution < 1.29 is 13.2 Å². The molecule has 0 N–H and O–H groups in total. The highest BCUT2D eigenvalue weighted by Crippen LogP contribution is 2.27. The first-order valence-electron chi connectivity index (χ1n) is 5.73. The van der Waals surface area contributed by atoms with Gasteiger partial charge in [0, 0.05) is 31.8 Å². The number of hydrogen-bond donors (Lipinski definition) is 0. The quantitative estimate of drug-likeness (QED) is 0.725. The van der Waals surface area contributed by atoms with Crippen LogP contribution in [0.1, 0.15) is 0 Å². The zero-order valence-electron chi connectivity index (χ0n) is 10.8. The van der Waals surface area contributed by atoms with Crippen LogP contribution in [0.4, 0.5) is 0 Å².